The van der Waals surface area contributed by atoms with E-state index in [1.807, 2.05) is 6.92 Å². The third-order valence-electron chi connectivity index (χ3n) is 2.74. The fourth-order valence-electron chi connectivity index (χ4n) is 1.70. The molecule has 4 N–H and O–H groups in total. The Morgan fingerprint density at radius 3 is 2.95 bits per heavy atom. The molecule has 2 aromatic rings. The van der Waals surface area contributed by atoms with Gasteiger partial charge in [-0.2, -0.15) is 0 Å². The van der Waals surface area contributed by atoms with Crippen LogP contribution in [0.15, 0.2) is 30.6 Å². The quantitative estimate of drug-likeness (QED) is 0.530. The molecule has 0 aliphatic heterocycles. The molecule has 0 bridgehead atoms. The number of carbonyl (C=O) groups is 1. The zero-order chi connectivity index (χ0) is 13.7. The Kier molecular flexibility index (Phi) is 4.09. The normalized spacial score (nSPS) is 10.2. The molecular formula is C12H16N6O. The lowest BCUT2D eigenvalue weighted by Crippen LogP contribution is -2.27. The molecule has 2 rings (SSSR count). The van der Waals surface area contributed by atoms with Gasteiger partial charge in [-0.15, -0.1) is 5.10 Å². The summed E-state index contributed by atoms with van der Waals surface area (Å²) in [5.41, 5.74) is 4.91. The smallest absolute Gasteiger partial charge is 0.251 e. The van der Waals surface area contributed by atoms with Gasteiger partial charge in [0, 0.05) is 18.3 Å². The van der Waals surface area contributed by atoms with Crippen molar-refractivity contribution >= 4 is 11.6 Å². The molecule has 0 spiro atoms. The Morgan fingerprint density at radius 2 is 2.32 bits per heavy atom. The highest BCUT2D eigenvalue weighted by Gasteiger charge is 2.06. The van der Waals surface area contributed by atoms with E-state index in [2.05, 4.69) is 21.1 Å². The molecule has 0 atom stereocenters. The maximum Gasteiger partial charge on any atom is 0.251 e. The van der Waals surface area contributed by atoms with Crippen LogP contribution in [0.5, 0.6) is 0 Å². The van der Waals surface area contributed by atoms with Gasteiger partial charge in [-0.05, 0) is 30.7 Å². The van der Waals surface area contributed by atoms with Crippen LogP contribution in [0.3, 0.4) is 0 Å². The van der Waals surface area contributed by atoms with Crippen LogP contribution in [0.1, 0.15) is 15.9 Å². The van der Waals surface area contributed by atoms with Gasteiger partial charge in [-0.1, -0.05) is 5.21 Å². The zero-order valence-corrected chi connectivity index (χ0v) is 10.6. The van der Waals surface area contributed by atoms with Crippen molar-refractivity contribution in [1.82, 2.24) is 20.3 Å². The van der Waals surface area contributed by atoms with E-state index in [0.717, 1.165) is 11.3 Å². The molecule has 0 unspecified atom stereocenters. The minimum Gasteiger partial charge on any atom is -0.350 e. The number of carbonyl (C=O) groups excluding carboxylic acids is 1. The van der Waals surface area contributed by atoms with Crippen molar-refractivity contribution < 1.29 is 4.79 Å². The maximum absolute atomic E-state index is 11.9. The Morgan fingerprint density at radius 1 is 1.47 bits per heavy atom. The molecule has 0 saturated heterocycles. The van der Waals surface area contributed by atoms with Gasteiger partial charge < -0.3 is 10.7 Å². The fourth-order valence-corrected chi connectivity index (χ4v) is 1.70. The summed E-state index contributed by atoms with van der Waals surface area (Å²) >= 11 is 0. The van der Waals surface area contributed by atoms with Gasteiger partial charge in [0.2, 0.25) is 0 Å². The van der Waals surface area contributed by atoms with E-state index in [1.54, 1.807) is 35.3 Å². The van der Waals surface area contributed by atoms with E-state index < -0.39 is 0 Å². The molecule has 0 saturated carbocycles. The predicted octanol–water partition coefficient (Wildman–Crippen LogP) is 0.302. The lowest BCUT2D eigenvalue weighted by molar-refractivity contribution is 0.0952. The van der Waals surface area contributed by atoms with Gasteiger partial charge in [-0.25, -0.2) is 0 Å². The Hall–Kier alpha value is -2.41. The van der Waals surface area contributed by atoms with Gasteiger partial charge in [0.1, 0.15) is 0 Å². The minimum absolute atomic E-state index is 0.119. The van der Waals surface area contributed by atoms with Crippen LogP contribution in [-0.2, 0) is 6.54 Å². The van der Waals surface area contributed by atoms with Gasteiger partial charge in [0.15, 0.2) is 0 Å². The predicted molar refractivity (Wildman–Crippen MR) is 71.3 cm³/mol. The number of benzene rings is 1. The van der Waals surface area contributed by atoms with Gasteiger partial charge >= 0.3 is 0 Å². The topological polar surface area (TPSA) is 97.9 Å². The van der Waals surface area contributed by atoms with Crippen molar-refractivity contribution in [3.63, 3.8) is 0 Å². The zero-order valence-electron chi connectivity index (χ0n) is 10.6. The van der Waals surface area contributed by atoms with Gasteiger partial charge in [0.05, 0.1) is 18.4 Å². The van der Waals surface area contributed by atoms with Gasteiger partial charge in [-0.3, -0.25) is 15.3 Å². The number of anilines is 1. The number of rotatable bonds is 5. The van der Waals surface area contributed by atoms with E-state index >= 15 is 0 Å². The summed E-state index contributed by atoms with van der Waals surface area (Å²) in [6.07, 6.45) is 3.35. The lowest BCUT2D eigenvalue weighted by atomic mass is 10.1. The highest BCUT2D eigenvalue weighted by atomic mass is 16.1. The van der Waals surface area contributed by atoms with E-state index in [1.165, 1.54) is 0 Å². The molecule has 0 radical (unpaired) electrons. The molecule has 1 aromatic carbocycles. The van der Waals surface area contributed by atoms with E-state index in [4.69, 9.17) is 5.84 Å². The molecule has 1 heterocycles. The second-order valence-corrected chi connectivity index (χ2v) is 4.10. The molecule has 1 aromatic heterocycles. The first-order valence-corrected chi connectivity index (χ1v) is 5.90. The standard InChI is InChI=1S/C12H16N6O/c1-9-8-10(2-3-11(9)16-13)12(19)14-4-6-18-7-5-15-17-18/h2-3,5,7-8,16H,4,6,13H2,1H3,(H,14,19). The van der Waals surface area contributed by atoms with Crippen molar-refractivity contribution in [1.29, 1.82) is 0 Å². The number of nitrogen functional groups attached to an aromatic ring is 1. The summed E-state index contributed by atoms with van der Waals surface area (Å²) in [5.74, 6) is 5.23. The highest BCUT2D eigenvalue weighted by Crippen LogP contribution is 2.14. The second-order valence-electron chi connectivity index (χ2n) is 4.10. The number of aryl methyl sites for hydroxylation is 1. The number of hydrazine groups is 1. The number of amides is 1. The summed E-state index contributed by atoms with van der Waals surface area (Å²) in [6, 6.07) is 5.30. The van der Waals surface area contributed by atoms with Crippen LogP contribution < -0.4 is 16.6 Å². The van der Waals surface area contributed by atoms with Crippen molar-refractivity contribution in [2.24, 2.45) is 5.84 Å². The van der Waals surface area contributed by atoms with Gasteiger partial charge in [0.25, 0.3) is 5.91 Å². The van der Waals surface area contributed by atoms with E-state index in [0.29, 0.717) is 18.7 Å². The molecule has 0 aliphatic rings. The summed E-state index contributed by atoms with van der Waals surface area (Å²) in [6.45, 7) is 2.98. The third-order valence-corrected chi connectivity index (χ3v) is 2.74. The number of aromatic nitrogens is 3. The third kappa shape index (κ3) is 3.29. The number of nitrogens with one attached hydrogen (secondary N) is 2. The minimum atomic E-state index is -0.119. The largest absolute Gasteiger partial charge is 0.350 e. The summed E-state index contributed by atoms with van der Waals surface area (Å²) in [5, 5.41) is 10.3. The Bertz CT molecular complexity index is 551. The summed E-state index contributed by atoms with van der Waals surface area (Å²) in [4.78, 5) is 11.9. The molecule has 0 aliphatic carbocycles. The fraction of sp³-hybridized carbons (Fsp3) is 0.250. The maximum atomic E-state index is 11.9. The van der Waals surface area contributed by atoms with Crippen LogP contribution in [0, 0.1) is 6.92 Å². The van der Waals surface area contributed by atoms with Crippen molar-refractivity contribution in [3.05, 3.63) is 41.7 Å². The van der Waals surface area contributed by atoms with Crippen LogP contribution in [0.2, 0.25) is 0 Å². The number of nitrogens with two attached hydrogens (primary N) is 1. The monoisotopic (exact) mass is 260 g/mol. The Labute approximate surface area is 110 Å². The van der Waals surface area contributed by atoms with Crippen molar-refractivity contribution in [2.45, 2.75) is 13.5 Å². The second kappa shape index (κ2) is 5.96. The number of nitrogens with zero attached hydrogens (tertiary/aromatic N) is 3. The van der Waals surface area contributed by atoms with Crippen LogP contribution in [-0.4, -0.2) is 27.4 Å². The first-order valence-electron chi connectivity index (χ1n) is 5.90. The first-order chi connectivity index (χ1) is 9.20. The molecule has 7 nitrogen and oxygen atoms in total. The SMILES string of the molecule is Cc1cc(C(=O)NCCn2ccnn2)ccc1NN. The lowest BCUT2D eigenvalue weighted by Gasteiger charge is -2.08. The van der Waals surface area contributed by atoms with Crippen LogP contribution >= 0.6 is 0 Å². The highest BCUT2D eigenvalue weighted by molar-refractivity contribution is 5.94. The number of hydrogen-bond acceptors (Lipinski definition) is 5. The molecule has 19 heavy (non-hydrogen) atoms. The van der Waals surface area contributed by atoms with Crippen molar-refractivity contribution in [3.8, 4) is 0 Å². The molecule has 0 fully saturated rings. The molecule has 100 valence electrons. The van der Waals surface area contributed by atoms with Crippen molar-refractivity contribution in [2.75, 3.05) is 12.0 Å². The van der Waals surface area contributed by atoms with E-state index in [-0.39, 0.29) is 5.91 Å². The summed E-state index contributed by atoms with van der Waals surface area (Å²) in [7, 11) is 0. The average molecular weight is 260 g/mol. The first kappa shape index (κ1) is 13.0. The van der Waals surface area contributed by atoms with Crippen LogP contribution in [0.25, 0.3) is 0 Å². The van der Waals surface area contributed by atoms with E-state index in [9.17, 15) is 4.79 Å². The molecular weight excluding hydrogens is 244 g/mol. The molecule has 1 amide bonds. The average Bonchev–Trinajstić information content (AvgIpc) is 2.91. The van der Waals surface area contributed by atoms with Crippen LogP contribution in [0.4, 0.5) is 5.69 Å². The number of hydrogen-bond donors (Lipinski definition) is 3. The summed E-state index contributed by atoms with van der Waals surface area (Å²) < 4.78 is 1.66. The molecule has 7 heteroatoms. The Balaban J connectivity index is 1.91.